The molecule has 0 unspecified atom stereocenters. The number of pyridine rings is 1. The molecule has 1 atom stereocenters. The third-order valence-electron chi connectivity index (χ3n) is 7.04. The van der Waals surface area contributed by atoms with Crippen LogP contribution < -0.4 is 19.9 Å². The van der Waals surface area contributed by atoms with Crippen molar-refractivity contribution in [3.63, 3.8) is 0 Å². The Hall–Kier alpha value is -4.66. The maximum Gasteiger partial charge on any atom is 0.254 e. The number of aromatic nitrogens is 5. The van der Waals surface area contributed by atoms with Gasteiger partial charge in [0.05, 0.1) is 12.1 Å². The van der Waals surface area contributed by atoms with E-state index in [-0.39, 0.29) is 5.56 Å². The predicted octanol–water partition coefficient (Wildman–Crippen LogP) is 3.49. The number of benzene rings is 3. The zero-order valence-electron chi connectivity index (χ0n) is 20.0. The minimum absolute atomic E-state index is 0.187. The van der Waals surface area contributed by atoms with Crippen molar-refractivity contribution in [2.45, 2.75) is 19.0 Å². The highest BCUT2D eigenvalue weighted by atomic mass is 16.6. The minimum atomic E-state index is -0.483. The van der Waals surface area contributed by atoms with Gasteiger partial charge in [0.2, 0.25) is 0 Å². The molecule has 0 aliphatic carbocycles. The monoisotopic (exact) mass is 492 g/mol. The van der Waals surface area contributed by atoms with Gasteiger partial charge >= 0.3 is 0 Å². The second-order valence-corrected chi connectivity index (χ2v) is 9.29. The fourth-order valence-electron chi connectivity index (χ4n) is 5.32. The highest BCUT2D eigenvalue weighted by molar-refractivity contribution is 5.83. The number of nitrogens with zero attached hydrogens (tertiary/aromatic N) is 5. The molecule has 0 bridgehead atoms. The molecular formula is C28H24N6O3. The molecule has 2 aromatic heterocycles. The van der Waals surface area contributed by atoms with Crippen LogP contribution in [0.25, 0.3) is 10.9 Å². The van der Waals surface area contributed by atoms with Crippen LogP contribution >= 0.6 is 0 Å². The van der Waals surface area contributed by atoms with E-state index in [0.29, 0.717) is 48.2 Å². The number of rotatable bonds is 5. The van der Waals surface area contributed by atoms with E-state index < -0.39 is 6.04 Å². The van der Waals surface area contributed by atoms with Crippen molar-refractivity contribution in [1.29, 1.82) is 0 Å². The van der Waals surface area contributed by atoms with Crippen molar-refractivity contribution in [1.82, 2.24) is 25.2 Å². The molecule has 37 heavy (non-hydrogen) atoms. The number of nitrogens with one attached hydrogen (secondary N) is 1. The van der Waals surface area contributed by atoms with E-state index in [1.54, 1.807) is 4.68 Å². The molecule has 1 N–H and O–H groups in total. The summed E-state index contributed by atoms with van der Waals surface area (Å²) in [6.07, 6.45) is 0.886. The molecule has 9 nitrogen and oxygen atoms in total. The summed E-state index contributed by atoms with van der Waals surface area (Å²) in [5.74, 6) is 1.93. The molecule has 0 radical (unpaired) electrons. The van der Waals surface area contributed by atoms with Crippen LogP contribution in [0.5, 0.6) is 11.5 Å². The van der Waals surface area contributed by atoms with E-state index in [4.69, 9.17) is 9.47 Å². The first-order chi connectivity index (χ1) is 18.2. The molecule has 3 aromatic carbocycles. The van der Waals surface area contributed by atoms with Gasteiger partial charge in [0, 0.05) is 29.2 Å². The van der Waals surface area contributed by atoms with E-state index in [1.165, 1.54) is 5.56 Å². The van der Waals surface area contributed by atoms with Crippen molar-refractivity contribution in [2.75, 3.05) is 24.7 Å². The van der Waals surface area contributed by atoms with Crippen molar-refractivity contribution < 1.29 is 9.47 Å². The summed E-state index contributed by atoms with van der Waals surface area (Å²) in [5, 5.41) is 13.7. The van der Waals surface area contributed by atoms with Crippen LogP contribution in [-0.2, 0) is 13.0 Å². The van der Waals surface area contributed by atoms with Crippen LogP contribution in [-0.4, -0.2) is 44.9 Å². The van der Waals surface area contributed by atoms with E-state index >= 15 is 0 Å². The van der Waals surface area contributed by atoms with Crippen LogP contribution in [0.4, 0.5) is 5.69 Å². The molecule has 2 aliphatic rings. The number of fused-ring (bicyclic) bond motifs is 3. The van der Waals surface area contributed by atoms with Crippen LogP contribution in [0, 0.1) is 0 Å². The molecular weight excluding hydrogens is 468 g/mol. The number of H-pyrrole nitrogens is 1. The second-order valence-electron chi connectivity index (χ2n) is 9.29. The number of hydrogen-bond donors (Lipinski definition) is 1. The molecule has 0 fully saturated rings. The number of tetrazole rings is 1. The highest BCUT2D eigenvalue weighted by Crippen LogP contribution is 2.39. The van der Waals surface area contributed by atoms with Crippen molar-refractivity contribution >= 4 is 16.6 Å². The van der Waals surface area contributed by atoms with Gasteiger partial charge in [-0.15, -0.1) is 5.10 Å². The van der Waals surface area contributed by atoms with Gasteiger partial charge in [-0.05, 0) is 46.2 Å². The summed E-state index contributed by atoms with van der Waals surface area (Å²) in [6, 6.07) is 23.5. The van der Waals surface area contributed by atoms with E-state index in [1.807, 2.05) is 60.7 Å². The van der Waals surface area contributed by atoms with Gasteiger partial charge in [-0.3, -0.25) is 4.79 Å². The van der Waals surface area contributed by atoms with Gasteiger partial charge in [0.1, 0.15) is 19.3 Å². The maximum atomic E-state index is 13.6. The molecule has 0 saturated carbocycles. The number of aromatic amines is 1. The number of hydrogen-bond acceptors (Lipinski definition) is 7. The fourth-order valence-corrected chi connectivity index (χ4v) is 5.32. The van der Waals surface area contributed by atoms with E-state index in [2.05, 4.69) is 37.5 Å². The molecule has 4 heterocycles. The SMILES string of the molecule is O=c1[nH]c2cc3c(cc2cc1[C@H](c1nnnn1Cc1ccccc1)N1CCc2ccccc21)OCCO3. The third-order valence-corrected chi connectivity index (χ3v) is 7.04. The molecule has 184 valence electrons. The lowest BCUT2D eigenvalue weighted by atomic mass is 10.0. The molecule has 0 spiro atoms. The summed E-state index contributed by atoms with van der Waals surface area (Å²) in [4.78, 5) is 18.9. The Morgan fingerprint density at radius 1 is 0.946 bits per heavy atom. The van der Waals surface area contributed by atoms with Gasteiger partial charge in [0.15, 0.2) is 17.3 Å². The molecule has 9 heteroatoms. The zero-order valence-corrected chi connectivity index (χ0v) is 20.0. The van der Waals surface area contributed by atoms with Gasteiger partial charge in [0.25, 0.3) is 5.56 Å². The van der Waals surface area contributed by atoms with Gasteiger partial charge in [-0.25, -0.2) is 4.68 Å². The van der Waals surface area contributed by atoms with Crippen LogP contribution in [0.15, 0.2) is 77.6 Å². The Kier molecular flexibility index (Phi) is 5.12. The average Bonchev–Trinajstić information content (AvgIpc) is 3.56. The lowest BCUT2D eigenvalue weighted by Crippen LogP contribution is -2.34. The standard InChI is InChI=1S/C28H24N6O3/c35-28-21(14-20-15-24-25(16-22(20)29-28)37-13-12-36-24)26(33-11-10-19-8-4-5-9-23(19)33)27-30-31-32-34(27)17-18-6-2-1-3-7-18/h1-9,14-16,26H,10-13,17H2,(H,29,35)/t26-/m1/s1. The first-order valence-electron chi connectivity index (χ1n) is 12.4. The molecule has 2 aliphatic heterocycles. The van der Waals surface area contributed by atoms with Gasteiger partial charge in [-0.2, -0.15) is 0 Å². The first kappa shape index (κ1) is 21.6. The smallest absolute Gasteiger partial charge is 0.254 e. The highest BCUT2D eigenvalue weighted by Gasteiger charge is 2.34. The lowest BCUT2D eigenvalue weighted by molar-refractivity contribution is 0.172. The van der Waals surface area contributed by atoms with Crippen LogP contribution in [0.1, 0.15) is 28.6 Å². The molecule has 0 amide bonds. The normalized spacial score (nSPS) is 15.1. The Labute approximate surface area is 212 Å². The summed E-state index contributed by atoms with van der Waals surface area (Å²) in [5.41, 5.74) is 4.49. The molecule has 5 aromatic rings. The van der Waals surface area contributed by atoms with Crippen molar-refractivity contribution in [2.24, 2.45) is 0 Å². The molecule has 7 rings (SSSR count). The van der Waals surface area contributed by atoms with Crippen LogP contribution in [0.2, 0.25) is 0 Å². The maximum absolute atomic E-state index is 13.6. The van der Waals surface area contributed by atoms with Crippen molar-refractivity contribution in [3.05, 3.63) is 106 Å². The number of anilines is 1. The summed E-state index contributed by atoms with van der Waals surface area (Å²) >= 11 is 0. The Morgan fingerprint density at radius 3 is 2.59 bits per heavy atom. The summed E-state index contributed by atoms with van der Waals surface area (Å²) < 4.78 is 13.3. The minimum Gasteiger partial charge on any atom is -0.486 e. The predicted molar refractivity (Wildman–Crippen MR) is 138 cm³/mol. The molecule has 0 saturated heterocycles. The van der Waals surface area contributed by atoms with Crippen molar-refractivity contribution in [3.8, 4) is 11.5 Å². The Morgan fingerprint density at radius 2 is 1.73 bits per heavy atom. The Balaban J connectivity index is 1.40. The largest absolute Gasteiger partial charge is 0.486 e. The zero-order chi connectivity index (χ0) is 24.8. The fraction of sp³-hybridized carbons (Fsp3) is 0.214. The first-order valence-corrected chi connectivity index (χ1v) is 12.4. The Bertz CT molecular complexity index is 1660. The lowest BCUT2D eigenvalue weighted by Gasteiger charge is -2.29. The topological polar surface area (TPSA) is 98.2 Å². The number of para-hydroxylation sites is 1. The van der Waals surface area contributed by atoms with Gasteiger partial charge in [-0.1, -0.05) is 48.5 Å². The van der Waals surface area contributed by atoms with Crippen LogP contribution in [0.3, 0.4) is 0 Å². The van der Waals surface area contributed by atoms with E-state index in [9.17, 15) is 4.79 Å². The van der Waals surface area contributed by atoms with E-state index in [0.717, 1.165) is 29.6 Å². The summed E-state index contributed by atoms with van der Waals surface area (Å²) in [6.45, 7) is 2.23. The second kappa shape index (κ2) is 8.77. The summed E-state index contributed by atoms with van der Waals surface area (Å²) in [7, 11) is 0. The van der Waals surface area contributed by atoms with Gasteiger partial charge < -0.3 is 19.4 Å². The number of ether oxygens (including phenoxy) is 2. The quantitative estimate of drug-likeness (QED) is 0.401. The third kappa shape index (κ3) is 3.79. The average molecular weight is 493 g/mol.